The summed E-state index contributed by atoms with van der Waals surface area (Å²) < 4.78 is 20.7. The number of aliphatic carboxylic acids is 1. The van der Waals surface area contributed by atoms with Crippen LogP contribution < -0.4 is 4.74 Å². The van der Waals surface area contributed by atoms with E-state index in [1.807, 2.05) is 18.2 Å². The van der Waals surface area contributed by atoms with Gasteiger partial charge in [0.25, 0.3) is 0 Å². The zero-order chi connectivity index (χ0) is 23.9. The predicted molar refractivity (Wildman–Crippen MR) is 134 cm³/mol. The van der Waals surface area contributed by atoms with Gasteiger partial charge in [-0.3, -0.25) is 9.78 Å². The summed E-state index contributed by atoms with van der Waals surface area (Å²) in [7, 11) is 1.59. The number of hydrogen-bond donors (Lipinski definition) is 1. The Bertz CT molecular complexity index is 1070. The summed E-state index contributed by atoms with van der Waals surface area (Å²) in [5.74, 6) is -0.530. The Morgan fingerprint density at radius 2 is 2.21 bits per heavy atom. The first-order valence-corrected chi connectivity index (χ1v) is 13.0. The lowest BCUT2D eigenvalue weighted by atomic mass is 9.81. The van der Waals surface area contributed by atoms with Crippen molar-refractivity contribution in [2.45, 2.75) is 44.7 Å². The van der Waals surface area contributed by atoms with E-state index in [0.29, 0.717) is 30.7 Å². The standard InChI is InChI=1S/C27H33FN2O3S/c1-33-21-6-8-26-23(16-21)22(9-12-29-26)25(28)7-5-20-10-14-30(17-24(20)27(31)32)13-3-2-4-19-11-15-34-18-19/h6,8-9,11-12,15-16,18,20,24-25H,2-5,7,10,13-14,17H2,1H3,(H,31,32)/t20-,24+,25+/m1/s1. The lowest BCUT2D eigenvalue weighted by molar-refractivity contribution is -0.146. The summed E-state index contributed by atoms with van der Waals surface area (Å²) in [5, 5.41) is 14.9. The molecule has 7 heteroatoms. The van der Waals surface area contributed by atoms with E-state index >= 15 is 4.39 Å². The summed E-state index contributed by atoms with van der Waals surface area (Å²) in [6.07, 6.45) is 5.41. The first kappa shape index (κ1) is 24.6. The number of unbranched alkanes of at least 4 members (excludes halogenated alkanes) is 1. The number of fused-ring (bicyclic) bond motifs is 1. The smallest absolute Gasteiger partial charge is 0.308 e. The van der Waals surface area contributed by atoms with Crippen molar-refractivity contribution < 1.29 is 19.0 Å². The number of aromatic nitrogens is 1. The average Bonchev–Trinajstić information content (AvgIpc) is 3.38. The second kappa shape index (κ2) is 11.8. The summed E-state index contributed by atoms with van der Waals surface area (Å²) >= 11 is 1.73. The summed E-state index contributed by atoms with van der Waals surface area (Å²) in [4.78, 5) is 18.6. The third kappa shape index (κ3) is 6.13. The van der Waals surface area contributed by atoms with E-state index in [9.17, 15) is 9.90 Å². The number of carbonyl (C=O) groups is 1. The SMILES string of the molecule is COc1ccc2nccc([C@@H](F)CC[C@@H]3CCN(CCCCc4ccsc4)C[C@@H]3C(=O)O)c2c1. The van der Waals surface area contributed by atoms with Gasteiger partial charge in [-0.1, -0.05) is 0 Å². The van der Waals surface area contributed by atoms with E-state index in [4.69, 9.17) is 4.74 Å². The van der Waals surface area contributed by atoms with E-state index in [1.165, 1.54) is 5.56 Å². The zero-order valence-corrected chi connectivity index (χ0v) is 20.5. The molecule has 0 unspecified atom stereocenters. The van der Waals surface area contributed by atoms with Crippen LogP contribution in [0.2, 0.25) is 0 Å². The molecule has 3 aromatic rings. The summed E-state index contributed by atoms with van der Waals surface area (Å²) in [6, 6.07) is 9.36. The minimum absolute atomic E-state index is 0.000411. The molecule has 0 radical (unpaired) electrons. The molecule has 1 fully saturated rings. The van der Waals surface area contributed by atoms with Crippen molar-refractivity contribution in [1.82, 2.24) is 9.88 Å². The number of methoxy groups -OCH3 is 1. The minimum Gasteiger partial charge on any atom is -0.497 e. The van der Waals surface area contributed by atoms with Crippen molar-refractivity contribution in [2.75, 3.05) is 26.7 Å². The Morgan fingerprint density at radius 3 is 2.97 bits per heavy atom. The van der Waals surface area contributed by atoms with Crippen LogP contribution in [-0.4, -0.2) is 47.7 Å². The fourth-order valence-electron chi connectivity index (χ4n) is 5.06. The maximum absolute atomic E-state index is 15.4. The van der Waals surface area contributed by atoms with Crippen LogP contribution in [-0.2, 0) is 11.2 Å². The number of rotatable bonds is 11. The highest BCUT2D eigenvalue weighted by molar-refractivity contribution is 7.07. The number of carboxylic acids is 1. The molecule has 1 saturated heterocycles. The van der Waals surface area contributed by atoms with E-state index in [0.717, 1.165) is 49.7 Å². The van der Waals surface area contributed by atoms with Gasteiger partial charge >= 0.3 is 5.97 Å². The largest absolute Gasteiger partial charge is 0.497 e. The fourth-order valence-corrected chi connectivity index (χ4v) is 5.76. The molecule has 182 valence electrons. The van der Waals surface area contributed by atoms with Crippen molar-refractivity contribution in [1.29, 1.82) is 0 Å². The Hall–Kier alpha value is -2.51. The summed E-state index contributed by atoms with van der Waals surface area (Å²) in [6.45, 7) is 2.38. The van der Waals surface area contributed by atoms with E-state index < -0.39 is 18.1 Å². The van der Waals surface area contributed by atoms with Crippen LogP contribution in [0.3, 0.4) is 0 Å². The lowest BCUT2D eigenvalue weighted by Crippen LogP contribution is -2.44. The normalized spacial score (nSPS) is 19.8. The molecular weight excluding hydrogens is 451 g/mol. The van der Waals surface area contributed by atoms with Crippen LogP contribution in [0.4, 0.5) is 4.39 Å². The van der Waals surface area contributed by atoms with Gasteiger partial charge < -0.3 is 14.7 Å². The van der Waals surface area contributed by atoms with Gasteiger partial charge in [-0.05, 0) is 110 Å². The zero-order valence-electron chi connectivity index (χ0n) is 19.7. The third-order valence-corrected chi connectivity index (χ3v) is 7.77. The first-order valence-electron chi connectivity index (χ1n) is 12.1. The molecule has 0 saturated carbocycles. The number of hydrogen-bond acceptors (Lipinski definition) is 5. The molecule has 3 heterocycles. The second-order valence-corrected chi connectivity index (χ2v) is 9.99. The van der Waals surface area contributed by atoms with Gasteiger partial charge in [-0.2, -0.15) is 11.3 Å². The number of likely N-dealkylation sites (tertiary alicyclic amines) is 1. The number of carboxylic acid groups (broad SMARTS) is 1. The minimum atomic E-state index is -1.16. The molecule has 1 N–H and O–H groups in total. The van der Waals surface area contributed by atoms with Crippen LogP contribution in [0.25, 0.3) is 10.9 Å². The molecule has 0 amide bonds. The molecule has 3 atom stereocenters. The molecule has 5 nitrogen and oxygen atoms in total. The Morgan fingerprint density at radius 1 is 1.32 bits per heavy atom. The number of halogens is 1. The number of pyridine rings is 1. The van der Waals surface area contributed by atoms with E-state index in [-0.39, 0.29) is 5.92 Å². The van der Waals surface area contributed by atoms with Crippen molar-refractivity contribution in [3.05, 3.63) is 58.4 Å². The van der Waals surface area contributed by atoms with Crippen LogP contribution in [0, 0.1) is 11.8 Å². The van der Waals surface area contributed by atoms with Crippen molar-refractivity contribution in [3.8, 4) is 5.75 Å². The second-order valence-electron chi connectivity index (χ2n) is 9.21. The quantitative estimate of drug-likeness (QED) is 0.331. The molecule has 34 heavy (non-hydrogen) atoms. The topological polar surface area (TPSA) is 62.7 Å². The highest BCUT2D eigenvalue weighted by atomic mass is 32.1. The molecule has 0 spiro atoms. The molecular formula is C27H33FN2O3S. The Labute approximate surface area is 204 Å². The van der Waals surface area contributed by atoms with E-state index in [2.05, 4.69) is 26.7 Å². The fraction of sp³-hybridized carbons (Fsp3) is 0.481. The van der Waals surface area contributed by atoms with Crippen LogP contribution in [0.5, 0.6) is 5.75 Å². The lowest BCUT2D eigenvalue weighted by Gasteiger charge is -2.37. The van der Waals surface area contributed by atoms with Crippen LogP contribution in [0.1, 0.15) is 49.4 Å². The number of benzene rings is 1. The van der Waals surface area contributed by atoms with E-state index in [1.54, 1.807) is 30.7 Å². The Balaban J connectivity index is 1.31. The molecule has 1 aliphatic heterocycles. The van der Waals surface area contributed by atoms with Gasteiger partial charge in [0, 0.05) is 18.1 Å². The van der Waals surface area contributed by atoms with Gasteiger partial charge in [0.1, 0.15) is 11.9 Å². The molecule has 0 aliphatic carbocycles. The van der Waals surface area contributed by atoms with Crippen LogP contribution in [0.15, 0.2) is 47.3 Å². The average molecular weight is 485 g/mol. The van der Waals surface area contributed by atoms with Gasteiger partial charge in [0.15, 0.2) is 0 Å². The molecule has 1 aliphatic rings. The van der Waals surface area contributed by atoms with Crippen molar-refractivity contribution >= 4 is 28.2 Å². The third-order valence-electron chi connectivity index (χ3n) is 7.04. The van der Waals surface area contributed by atoms with Crippen LogP contribution >= 0.6 is 11.3 Å². The first-order chi connectivity index (χ1) is 16.5. The maximum Gasteiger partial charge on any atom is 0.308 e. The number of alkyl halides is 1. The molecule has 1 aromatic carbocycles. The van der Waals surface area contributed by atoms with Crippen molar-refractivity contribution in [2.24, 2.45) is 11.8 Å². The van der Waals surface area contributed by atoms with Gasteiger partial charge in [-0.25, -0.2) is 4.39 Å². The number of thiophene rings is 1. The number of aryl methyl sites for hydroxylation is 1. The maximum atomic E-state index is 15.4. The molecule has 4 rings (SSSR count). The predicted octanol–water partition coefficient (Wildman–Crippen LogP) is 6.14. The van der Waals surface area contributed by atoms with Gasteiger partial charge in [0.2, 0.25) is 0 Å². The molecule has 0 bridgehead atoms. The van der Waals surface area contributed by atoms with Gasteiger partial charge in [0.05, 0.1) is 18.5 Å². The van der Waals surface area contributed by atoms with Gasteiger partial charge in [-0.15, -0.1) is 0 Å². The number of ether oxygens (including phenoxy) is 1. The highest BCUT2D eigenvalue weighted by Gasteiger charge is 2.34. The summed E-state index contributed by atoms with van der Waals surface area (Å²) in [5.41, 5.74) is 2.71. The monoisotopic (exact) mass is 484 g/mol. The Kier molecular flexibility index (Phi) is 8.51. The molecule has 2 aromatic heterocycles. The van der Waals surface area contributed by atoms with Crippen molar-refractivity contribution in [3.63, 3.8) is 0 Å². The number of nitrogens with zero attached hydrogens (tertiary/aromatic N) is 2. The number of piperidine rings is 1. The highest BCUT2D eigenvalue weighted by Crippen LogP contribution is 2.35.